The molecule has 2 N–H and O–H groups in total. The summed E-state index contributed by atoms with van der Waals surface area (Å²) in [5, 5.41) is 5.50. The lowest BCUT2D eigenvalue weighted by Crippen LogP contribution is -2.19. The summed E-state index contributed by atoms with van der Waals surface area (Å²) in [6.45, 7) is 8.45. The highest BCUT2D eigenvalue weighted by atomic mass is 16.7. The second-order valence-corrected chi connectivity index (χ2v) is 11.0. The summed E-state index contributed by atoms with van der Waals surface area (Å²) in [4.78, 5) is 37.5. The molecule has 0 saturated heterocycles. The highest BCUT2D eigenvalue weighted by Crippen LogP contribution is 2.29. The van der Waals surface area contributed by atoms with Crippen molar-refractivity contribution in [1.29, 1.82) is 0 Å². The number of para-hydroxylation sites is 2. The van der Waals surface area contributed by atoms with Crippen molar-refractivity contribution >= 4 is 29.7 Å². The number of benzene rings is 2. The van der Waals surface area contributed by atoms with Gasteiger partial charge < -0.3 is 18.9 Å². The Bertz CT molecular complexity index is 1040. The Morgan fingerprint density at radius 3 is 1.34 bits per heavy atom. The van der Waals surface area contributed by atoms with Crippen LogP contribution in [0.5, 0.6) is 0 Å². The Kier molecular flexibility index (Phi) is 18.1. The first-order valence-electron chi connectivity index (χ1n) is 16.3. The maximum atomic E-state index is 12.7. The Morgan fingerprint density at radius 1 is 0.568 bits per heavy atom. The third kappa shape index (κ3) is 14.6. The Balaban J connectivity index is 1.84. The molecule has 0 fully saturated rings. The molecule has 0 radical (unpaired) electrons. The number of rotatable bonds is 20. The number of ether oxygens (including phenoxy) is 4. The fourth-order valence-corrected chi connectivity index (χ4v) is 4.76. The molecule has 2 aromatic carbocycles. The molecule has 0 bridgehead atoms. The van der Waals surface area contributed by atoms with Gasteiger partial charge in [0.2, 0.25) is 0 Å². The smallest absolute Gasteiger partial charge is 0.449 e. The summed E-state index contributed by atoms with van der Waals surface area (Å²) in [7, 11) is 0. The lowest BCUT2D eigenvalue weighted by atomic mass is 10.1. The lowest BCUT2D eigenvalue weighted by molar-refractivity contribution is 0.00662. The standard InChI is InChI=1S/C35H52N2O7/c1-5-7-9-11-13-19-25-41-33(38)36-31-23-17-15-21-29(31)27(3)43-35(40)44-28(4)30-22-16-18-24-32(30)37-34(39)42-26-20-14-12-10-8-6-2/h15-18,21-24,27-28H,5-14,19-20,25-26H2,1-4H3,(H,36,38)(H,37,39). The average Bonchev–Trinajstić information content (AvgIpc) is 3.00. The zero-order chi connectivity index (χ0) is 32.0. The number of carbonyl (C=O) groups is 3. The van der Waals surface area contributed by atoms with Crippen LogP contribution >= 0.6 is 0 Å². The summed E-state index contributed by atoms with van der Waals surface area (Å²) >= 11 is 0. The Hall–Kier alpha value is -3.75. The van der Waals surface area contributed by atoms with Gasteiger partial charge in [0.05, 0.1) is 24.6 Å². The summed E-state index contributed by atoms with van der Waals surface area (Å²) < 4.78 is 21.8. The van der Waals surface area contributed by atoms with E-state index in [0.717, 1.165) is 38.5 Å². The zero-order valence-electron chi connectivity index (χ0n) is 27.0. The summed E-state index contributed by atoms with van der Waals surface area (Å²) in [6.07, 6.45) is 9.80. The maximum absolute atomic E-state index is 12.7. The minimum absolute atomic E-state index is 0.351. The van der Waals surface area contributed by atoms with Crippen molar-refractivity contribution in [2.24, 2.45) is 0 Å². The first-order valence-corrected chi connectivity index (χ1v) is 16.3. The van der Waals surface area contributed by atoms with Crippen LogP contribution in [0.15, 0.2) is 48.5 Å². The molecule has 9 heteroatoms. The van der Waals surface area contributed by atoms with E-state index in [1.807, 2.05) is 0 Å². The van der Waals surface area contributed by atoms with E-state index >= 15 is 0 Å². The van der Waals surface area contributed by atoms with Gasteiger partial charge >= 0.3 is 18.3 Å². The van der Waals surface area contributed by atoms with Crippen molar-refractivity contribution in [2.75, 3.05) is 23.8 Å². The van der Waals surface area contributed by atoms with E-state index in [9.17, 15) is 14.4 Å². The number of nitrogens with one attached hydrogen (secondary N) is 2. The number of hydrogen-bond acceptors (Lipinski definition) is 7. The van der Waals surface area contributed by atoms with E-state index in [1.165, 1.54) is 38.5 Å². The van der Waals surface area contributed by atoms with E-state index in [-0.39, 0.29) is 0 Å². The number of hydrogen-bond donors (Lipinski definition) is 2. The summed E-state index contributed by atoms with van der Waals surface area (Å²) in [6, 6.07) is 14.1. The molecule has 2 amide bonds. The molecule has 44 heavy (non-hydrogen) atoms. The van der Waals surface area contributed by atoms with Gasteiger partial charge in [0.15, 0.2) is 0 Å². The number of amides is 2. The third-order valence-electron chi connectivity index (χ3n) is 7.28. The van der Waals surface area contributed by atoms with Gasteiger partial charge in [0.1, 0.15) is 12.2 Å². The van der Waals surface area contributed by atoms with E-state index < -0.39 is 30.5 Å². The van der Waals surface area contributed by atoms with Crippen molar-refractivity contribution in [3.8, 4) is 0 Å². The molecular formula is C35H52N2O7. The van der Waals surface area contributed by atoms with Crippen molar-refractivity contribution in [3.05, 3.63) is 59.7 Å². The van der Waals surface area contributed by atoms with Gasteiger partial charge in [-0.25, -0.2) is 14.4 Å². The molecule has 0 saturated carbocycles. The molecule has 2 aromatic rings. The van der Waals surface area contributed by atoms with Crippen molar-refractivity contribution in [3.63, 3.8) is 0 Å². The van der Waals surface area contributed by atoms with Gasteiger partial charge in [-0.05, 0) is 38.8 Å². The highest BCUT2D eigenvalue weighted by Gasteiger charge is 2.21. The molecule has 0 spiro atoms. The lowest BCUT2D eigenvalue weighted by Gasteiger charge is -2.20. The van der Waals surface area contributed by atoms with Crippen LogP contribution in [0.2, 0.25) is 0 Å². The number of unbranched alkanes of at least 4 members (excludes halogenated alkanes) is 10. The quantitative estimate of drug-likeness (QED) is 0.0869. The molecule has 244 valence electrons. The van der Waals surface area contributed by atoms with Gasteiger partial charge in [-0.2, -0.15) is 0 Å². The first-order chi connectivity index (χ1) is 21.3. The number of anilines is 2. The Labute approximate surface area is 263 Å². The predicted octanol–water partition coefficient (Wildman–Crippen LogP) is 10.5. The molecule has 2 atom stereocenters. The van der Waals surface area contributed by atoms with E-state index in [4.69, 9.17) is 18.9 Å². The van der Waals surface area contributed by atoms with Gasteiger partial charge in [0.25, 0.3) is 0 Å². The van der Waals surface area contributed by atoms with Crippen molar-refractivity contribution < 1.29 is 33.3 Å². The van der Waals surface area contributed by atoms with Crippen molar-refractivity contribution in [2.45, 2.75) is 117 Å². The van der Waals surface area contributed by atoms with Crippen LogP contribution in [0, 0.1) is 0 Å². The van der Waals surface area contributed by atoms with E-state index in [1.54, 1.807) is 62.4 Å². The summed E-state index contributed by atoms with van der Waals surface area (Å²) in [5.41, 5.74) is 2.18. The molecule has 2 rings (SSSR count). The minimum atomic E-state index is -0.883. The normalized spacial score (nSPS) is 12.1. The fourth-order valence-electron chi connectivity index (χ4n) is 4.76. The molecule has 2 unspecified atom stereocenters. The average molecular weight is 613 g/mol. The molecule has 0 aromatic heterocycles. The van der Waals surface area contributed by atoms with Gasteiger partial charge in [-0.3, -0.25) is 10.6 Å². The van der Waals surface area contributed by atoms with Crippen LogP contribution < -0.4 is 10.6 Å². The predicted molar refractivity (Wildman–Crippen MR) is 174 cm³/mol. The monoisotopic (exact) mass is 612 g/mol. The topological polar surface area (TPSA) is 112 Å². The fraction of sp³-hybridized carbons (Fsp3) is 0.571. The molecule has 0 heterocycles. The minimum Gasteiger partial charge on any atom is -0.449 e. The van der Waals surface area contributed by atoms with Crippen LogP contribution in [0.25, 0.3) is 0 Å². The van der Waals surface area contributed by atoms with Crippen LogP contribution in [0.4, 0.5) is 25.8 Å². The second kappa shape index (κ2) is 21.9. The first kappa shape index (κ1) is 36.4. The van der Waals surface area contributed by atoms with E-state index in [0.29, 0.717) is 35.7 Å². The van der Waals surface area contributed by atoms with Crippen LogP contribution in [-0.4, -0.2) is 31.6 Å². The van der Waals surface area contributed by atoms with Gasteiger partial charge in [-0.15, -0.1) is 0 Å². The van der Waals surface area contributed by atoms with Crippen molar-refractivity contribution in [1.82, 2.24) is 0 Å². The molecular weight excluding hydrogens is 560 g/mol. The molecule has 9 nitrogen and oxygen atoms in total. The van der Waals surface area contributed by atoms with E-state index in [2.05, 4.69) is 24.5 Å². The maximum Gasteiger partial charge on any atom is 0.509 e. The molecule has 0 aliphatic heterocycles. The molecule has 0 aliphatic rings. The molecule has 0 aliphatic carbocycles. The SMILES string of the molecule is CCCCCCCCOC(=O)Nc1ccccc1C(C)OC(=O)OC(C)c1ccccc1NC(=O)OCCCCCCCC. The van der Waals surface area contributed by atoms with Crippen LogP contribution in [0.3, 0.4) is 0 Å². The number of carbonyl (C=O) groups excluding carboxylic acids is 3. The zero-order valence-corrected chi connectivity index (χ0v) is 27.0. The van der Waals surface area contributed by atoms with Gasteiger partial charge in [0, 0.05) is 11.1 Å². The second-order valence-electron chi connectivity index (χ2n) is 11.0. The highest BCUT2D eigenvalue weighted by molar-refractivity contribution is 5.86. The van der Waals surface area contributed by atoms with Crippen LogP contribution in [0.1, 0.15) is 128 Å². The van der Waals surface area contributed by atoms with Crippen LogP contribution in [-0.2, 0) is 18.9 Å². The summed E-state index contributed by atoms with van der Waals surface area (Å²) in [5.74, 6) is 0. The third-order valence-corrected chi connectivity index (χ3v) is 7.28. The largest absolute Gasteiger partial charge is 0.509 e. The Morgan fingerprint density at radius 2 is 0.932 bits per heavy atom. The van der Waals surface area contributed by atoms with Gasteiger partial charge in [-0.1, -0.05) is 114 Å².